The molecule has 0 saturated carbocycles. The third-order valence-electron chi connectivity index (χ3n) is 2.80. The van der Waals surface area contributed by atoms with Gasteiger partial charge in [-0.2, -0.15) is 0 Å². The first-order valence-electron chi connectivity index (χ1n) is 6.32. The van der Waals surface area contributed by atoms with Crippen molar-refractivity contribution in [3.8, 4) is 5.75 Å². The molecule has 0 aliphatic heterocycles. The van der Waals surface area contributed by atoms with Crippen LogP contribution in [0.1, 0.15) is 10.4 Å². The van der Waals surface area contributed by atoms with E-state index in [1.54, 1.807) is 0 Å². The predicted molar refractivity (Wildman–Crippen MR) is 88.3 cm³/mol. The zero-order chi connectivity index (χ0) is 17.0. The molecular weight excluding hydrogens is 343 g/mol. The third-order valence-corrected chi connectivity index (χ3v) is 3.48. The molecule has 0 bridgehead atoms. The highest BCUT2D eigenvalue weighted by molar-refractivity contribution is 6.34. The third kappa shape index (κ3) is 4.28. The highest BCUT2D eigenvalue weighted by Crippen LogP contribution is 2.26. The van der Waals surface area contributed by atoms with Crippen LogP contribution in [-0.2, 0) is 4.74 Å². The van der Waals surface area contributed by atoms with Crippen LogP contribution in [0.25, 0.3) is 0 Å². The molecule has 23 heavy (non-hydrogen) atoms. The molecule has 0 unspecified atom stereocenters. The number of carbonyl (C=O) groups excluding carboxylic acids is 2. The van der Waals surface area contributed by atoms with Crippen molar-refractivity contribution in [2.24, 2.45) is 0 Å². The Morgan fingerprint density at radius 2 is 1.78 bits per heavy atom. The fraction of sp³-hybridized carbons (Fsp3) is 0.0667. The minimum atomic E-state index is -0.796. The molecule has 1 amide bonds. The highest BCUT2D eigenvalue weighted by atomic mass is 35.5. The van der Waals surface area contributed by atoms with Crippen LogP contribution in [0.2, 0.25) is 10.0 Å². The Hall–Kier alpha value is -2.44. The second-order valence-electron chi connectivity index (χ2n) is 4.38. The van der Waals surface area contributed by atoms with Gasteiger partial charge < -0.3 is 15.2 Å². The zero-order valence-electron chi connectivity index (χ0n) is 11.9. The molecule has 0 aliphatic rings. The molecule has 3 N–H and O–H groups in total. The van der Waals surface area contributed by atoms with Crippen LogP contribution in [-0.4, -0.2) is 19.2 Å². The van der Waals surface area contributed by atoms with Crippen molar-refractivity contribution in [3.63, 3.8) is 0 Å². The number of anilines is 2. The van der Waals surface area contributed by atoms with Crippen LogP contribution in [0.3, 0.4) is 0 Å². The Bertz CT molecular complexity index is 765. The van der Waals surface area contributed by atoms with Crippen molar-refractivity contribution in [2.75, 3.05) is 18.2 Å². The van der Waals surface area contributed by atoms with Gasteiger partial charge in [0.05, 0.1) is 34.1 Å². The van der Waals surface area contributed by atoms with Gasteiger partial charge in [-0.3, -0.25) is 5.32 Å². The lowest BCUT2D eigenvalue weighted by Gasteiger charge is -2.10. The molecule has 2 aromatic rings. The number of hydrogen-bond donors (Lipinski definition) is 2. The van der Waals surface area contributed by atoms with Gasteiger partial charge in [0.2, 0.25) is 0 Å². The molecule has 2 rings (SSSR count). The van der Waals surface area contributed by atoms with Crippen LogP contribution < -0.4 is 15.8 Å². The first-order chi connectivity index (χ1) is 10.9. The monoisotopic (exact) mass is 354 g/mol. The van der Waals surface area contributed by atoms with Crippen molar-refractivity contribution in [1.82, 2.24) is 0 Å². The fourth-order valence-electron chi connectivity index (χ4n) is 1.69. The van der Waals surface area contributed by atoms with Crippen molar-refractivity contribution >= 4 is 46.6 Å². The summed E-state index contributed by atoms with van der Waals surface area (Å²) in [6.07, 6.45) is -0.796. The Morgan fingerprint density at radius 3 is 2.43 bits per heavy atom. The van der Waals surface area contributed by atoms with Gasteiger partial charge in [-0.1, -0.05) is 23.2 Å². The lowest BCUT2D eigenvalue weighted by molar-refractivity contribution is 0.0600. The number of nitrogen functional groups attached to an aromatic ring is 1. The van der Waals surface area contributed by atoms with Gasteiger partial charge >= 0.3 is 12.1 Å². The molecule has 0 heterocycles. The quantitative estimate of drug-likeness (QED) is 0.642. The van der Waals surface area contributed by atoms with Crippen molar-refractivity contribution < 1.29 is 19.1 Å². The molecule has 2 aromatic carbocycles. The van der Waals surface area contributed by atoms with Crippen LogP contribution in [0.4, 0.5) is 16.2 Å². The van der Waals surface area contributed by atoms with Gasteiger partial charge in [-0.05, 0) is 30.3 Å². The van der Waals surface area contributed by atoms with E-state index in [-0.39, 0.29) is 27.7 Å². The number of esters is 1. The number of nitrogens with one attached hydrogen (secondary N) is 1. The molecule has 0 saturated heterocycles. The second kappa shape index (κ2) is 7.21. The van der Waals surface area contributed by atoms with Gasteiger partial charge in [-0.15, -0.1) is 0 Å². The Labute approximate surface area is 142 Å². The number of rotatable bonds is 3. The van der Waals surface area contributed by atoms with Gasteiger partial charge in [0, 0.05) is 6.07 Å². The van der Waals surface area contributed by atoms with Crippen LogP contribution in [0.15, 0.2) is 36.4 Å². The molecule has 0 fully saturated rings. The van der Waals surface area contributed by atoms with E-state index in [1.165, 1.54) is 43.5 Å². The zero-order valence-corrected chi connectivity index (χ0v) is 13.4. The lowest BCUT2D eigenvalue weighted by atomic mass is 10.2. The van der Waals surface area contributed by atoms with E-state index in [2.05, 4.69) is 10.1 Å². The number of amides is 1. The first-order valence-corrected chi connectivity index (χ1v) is 7.08. The summed E-state index contributed by atoms with van der Waals surface area (Å²) in [6, 6.07) is 8.73. The highest BCUT2D eigenvalue weighted by Gasteiger charge is 2.13. The molecule has 6 nitrogen and oxygen atoms in total. The molecule has 8 heteroatoms. The number of nitrogens with two attached hydrogens (primary N) is 1. The molecule has 0 spiro atoms. The largest absolute Gasteiger partial charge is 0.465 e. The average molecular weight is 355 g/mol. The van der Waals surface area contributed by atoms with E-state index in [0.29, 0.717) is 5.02 Å². The normalized spacial score (nSPS) is 10.0. The maximum Gasteiger partial charge on any atom is 0.417 e. The Balaban J connectivity index is 2.13. The summed E-state index contributed by atoms with van der Waals surface area (Å²) < 4.78 is 9.68. The van der Waals surface area contributed by atoms with Crippen molar-refractivity contribution in [1.29, 1.82) is 0 Å². The number of methoxy groups -OCH3 is 1. The van der Waals surface area contributed by atoms with Crippen LogP contribution >= 0.6 is 23.2 Å². The number of benzene rings is 2. The standard InChI is InChI=1S/C15H12Cl2N2O4/c1-22-14(20)8-2-4-11(17)13(6-8)19-15(21)23-9-3-5-10(16)12(18)7-9/h2-7H,18H2,1H3,(H,19,21). The van der Waals surface area contributed by atoms with E-state index in [0.717, 1.165) is 0 Å². The summed E-state index contributed by atoms with van der Waals surface area (Å²) >= 11 is 11.8. The summed E-state index contributed by atoms with van der Waals surface area (Å²) in [5, 5.41) is 3.03. The molecule has 0 atom stereocenters. The SMILES string of the molecule is COC(=O)c1ccc(Cl)c(NC(=O)Oc2ccc(Cl)c(N)c2)c1. The molecule has 0 aliphatic carbocycles. The summed E-state index contributed by atoms with van der Waals surface area (Å²) in [5.74, 6) is -0.340. The molecular formula is C15H12Cl2N2O4. The van der Waals surface area contributed by atoms with Gasteiger partial charge in [0.15, 0.2) is 0 Å². The number of halogens is 2. The van der Waals surface area contributed by atoms with Crippen LogP contribution in [0, 0.1) is 0 Å². The van der Waals surface area contributed by atoms with Crippen LogP contribution in [0.5, 0.6) is 5.75 Å². The number of hydrogen-bond acceptors (Lipinski definition) is 5. The molecule has 0 radical (unpaired) electrons. The maximum absolute atomic E-state index is 11.9. The van der Waals surface area contributed by atoms with E-state index in [1.807, 2.05) is 0 Å². The van der Waals surface area contributed by atoms with Gasteiger partial charge in [-0.25, -0.2) is 9.59 Å². The number of carbonyl (C=O) groups is 2. The van der Waals surface area contributed by atoms with Crippen molar-refractivity contribution in [2.45, 2.75) is 0 Å². The lowest BCUT2D eigenvalue weighted by Crippen LogP contribution is -2.17. The predicted octanol–water partition coefficient (Wildman–Crippen LogP) is 3.97. The summed E-state index contributed by atoms with van der Waals surface area (Å²) in [4.78, 5) is 23.4. The van der Waals surface area contributed by atoms with Gasteiger partial charge in [0.25, 0.3) is 0 Å². The minimum Gasteiger partial charge on any atom is -0.465 e. The summed E-state index contributed by atoms with van der Waals surface area (Å²) in [5.41, 5.74) is 6.35. The fourth-order valence-corrected chi connectivity index (χ4v) is 1.98. The summed E-state index contributed by atoms with van der Waals surface area (Å²) in [7, 11) is 1.25. The topological polar surface area (TPSA) is 90.6 Å². The van der Waals surface area contributed by atoms with E-state index >= 15 is 0 Å². The minimum absolute atomic E-state index is 0.210. The van der Waals surface area contributed by atoms with Crippen molar-refractivity contribution in [3.05, 3.63) is 52.0 Å². The van der Waals surface area contributed by atoms with E-state index in [9.17, 15) is 9.59 Å². The first kappa shape index (κ1) is 16.9. The van der Waals surface area contributed by atoms with E-state index in [4.69, 9.17) is 33.7 Å². The van der Waals surface area contributed by atoms with Gasteiger partial charge in [0.1, 0.15) is 5.75 Å². The Morgan fingerprint density at radius 1 is 1.09 bits per heavy atom. The molecule has 0 aromatic heterocycles. The second-order valence-corrected chi connectivity index (χ2v) is 5.20. The molecule has 120 valence electrons. The number of ether oxygens (including phenoxy) is 2. The maximum atomic E-state index is 11.9. The van der Waals surface area contributed by atoms with E-state index < -0.39 is 12.1 Å². The summed E-state index contributed by atoms with van der Waals surface area (Å²) in [6.45, 7) is 0. The Kier molecular flexibility index (Phi) is 5.31. The average Bonchev–Trinajstić information content (AvgIpc) is 2.52. The smallest absolute Gasteiger partial charge is 0.417 e.